The van der Waals surface area contributed by atoms with Crippen molar-refractivity contribution >= 4 is 5.97 Å². The van der Waals surface area contributed by atoms with Gasteiger partial charge in [0.1, 0.15) is 6.10 Å². The Kier molecular flexibility index (Phi) is 2.63. The van der Waals surface area contributed by atoms with Crippen LogP contribution in [0.4, 0.5) is 0 Å². The molecule has 1 aromatic carbocycles. The average molecular weight is 232 g/mol. The predicted molar refractivity (Wildman–Crippen MR) is 62.6 cm³/mol. The van der Waals surface area contributed by atoms with Crippen LogP contribution in [-0.4, -0.2) is 23.8 Å². The monoisotopic (exact) mass is 232 g/mol. The van der Waals surface area contributed by atoms with Crippen LogP contribution in [0, 0.1) is 5.92 Å². The second kappa shape index (κ2) is 4.15. The van der Waals surface area contributed by atoms with Gasteiger partial charge in [-0.05, 0) is 24.0 Å². The lowest BCUT2D eigenvalue weighted by molar-refractivity contribution is -0.142. The van der Waals surface area contributed by atoms with Gasteiger partial charge in [0.15, 0.2) is 0 Å². The maximum Gasteiger partial charge on any atom is 0.306 e. The van der Waals surface area contributed by atoms with Crippen molar-refractivity contribution in [2.45, 2.75) is 31.3 Å². The molecule has 3 heteroatoms. The highest BCUT2D eigenvalue weighted by Crippen LogP contribution is 2.43. The first-order valence-electron chi connectivity index (χ1n) is 6.17. The lowest BCUT2D eigenvalue weighted by Crippen LogP contribution is -2.32. The van der Waals surface area contributed by atoms with Crippen LogP contribution in [0.3, 0.4) is 0 Å². The van der Waals surface area contributed by atoms with Gasteiger partial charge >= 0.3 is 5.97 Å². The molecule has 1 fully saturated rings. The maximum atomic E-state index is 11.4. The van der Waals surface area contributed by atoms with E-state index in [0.29, 0.717) is 18.8 Å². The minimum atomic E-state index is -0.0873. The first-order chi connectivity index (χ1) is 8.29. The second-order valence-corrected chi connectivity index (χ2v) is 4.94. The third-order valence-electron chi connectivity index (χ3n) is 3.93. The van der Waals surface area contributed by atoms with Crippen molar-refractivity contribution in [3.05, 3.63) is 35.4 Å². The quantitative estimate of drug-likeness (QED) is 0.788. The maximum absolute atomic E-state index is 11.4. The predicted octanol–water partition coefficient (Wildman–Crippen LogP) is 1.64. The third-order valence-corrected chi connectivity index (χ3v) is 3.93. The highest BCUT2D eigenvalue weighted by atomic mass is 16.6. The van der Waals surface area contributed by atoms with E-state index in [1.165, 1.54) is 11.1 Å². The van der Waals surface area contributed by atoms with Gasteiger partial charge in [-0.1, -0.05) is 24.3 Å². The van der Waals surface area contributed by atoms with Crippen LogP contribution in [-0.2, 0) is 16.0 Å². The zero-order chi connectivity index (χ0) is 11.8. The molecule has 1 heterocycles. The molecular weight excluding hydrogens is 216 g/mol. The van der Waals surface area contributed by atoms with E-state index in [1.807, 2.05) is 12.1 Å². The number of ether oxygens (including phenoxy) is 1. The molecule has 3 rings (SSSR count). The van der Waals surface area contributed by atoms with Crippen LogP contribution in [0.15, 0.2) is 24.3 Å². The Bertz CT molecular complexity index is 441. The molecule has 0 saturated carbocycles. The Balaban J connectivity index is 1.99. The number of fused-ring (bicyclic) bond motifs is 2. The van der Waals surface area contributed by atoms with Crippen molar-refractivity contribution in [2.75, 3.05) is 6.61 Å². The van der Waals surface area contributed by atoms with Crippen molar-refractivity contribution < 1.29 is 14.6 Å². The Morgan fingerprint density at radius 2 is 2.12 bits per heavy atom. The Labute approximate surface area is 100 Å². The van der Waals surface area contributed by atoms with Crippen LogP contribution in [0.25, 0.3) is 0 Å². The summed E-state index contributed by atoms with van der Waals surface area (Å²) in [6, 6.07) is 8.27. The normalized spacial score (nSPS) is 30.6. The van der Waals surface area contributed by atoms with Crippen LogP contribution < -0.4 is 0 Å². The van der Waals surface area contributed by atoms with E-state index in [0.717, 1.165) is 6.42 Å². The number of rotatable bonds is 2. The summed E-state index contributed by atoms with van der Waals surface area (Å²) in [4.78, 5) is 11.4. The molecule has 3 nitrogen and oxygen atoms in total. The molecule has 90 valence electrons. The van der Waals surface area contributed by atoms with E-state index in [1.54, 1.807) is 0 Å². The van der Waals surface area contributed by atoms with Gasteiger partial charge in [-0.2, -0.15) is 0 Å². The van der Waals surface area contributed by atoms with E-state index < -0.39 is 0 Å². The summed E-state index contributed by atoms with van der Waals surface area (Å²) in [5.41, 5.74) is 2.56. The number of carbonyl (C=O) groups is 1. The van der Waals surface area contributed by atoms with Crippen molar-refractivity contribution in [2.24, 2.45) is 5.92 Å². The number of carbonyl (C=O) groups excluding carboxylic acids is 1. The molecule has 1 aliphatic heterocycles. The molecule has 2 aliphatic rings. The summed E-state index contributed by atoms with van der Waals surface area (Å²) in [6.07, 6.45) is 2.10. The smallest absolute Gasteiger partial charge is 0.306 e. The van der Waals surface area contributed by atoms with Gasteiger partial charge in [-0.25, -0.2) is 0 Å². The van der Waals surface area contributed by atoms with E-state index >= 15 is 0 Å². The molecule has 17 heavy (non-hydrogen) atoms. The summed E-state index contributed by atoms with van der Waals surface area (Å²) >= 11 is 0. The number of aliphatic hydroxyl groups excluding tert-OH is 1. The second-order valence-electron chi connectivity index (χ2n) is 4.94. The van der Waals surface area contributed by atoms with Crippen LogP contribution in [0.2, 0.25) is 0 Å². The fourth-order valence-corrected chi connectivity index (χ4v) is 3.23. The number of hydrogen-bond acceptors (Lipinski definition) is 3. The Morgan fingerprint density at radius 3 is 2.94 bits per heavy atom. The number of esters is 1. The minimum Gasteiger partial charge on any atom is -0.461 e. The zero-order valence-corrected chi connectivity index (χ0v) is 9.63. The largest absolute Gasteiger partial charge is 0.461 e. The lowest BCUT2D eigenvalue weighted by atomic mass is 9.73. The summed E-state index contributed by atoms with van der Waals surface area (Å²) in [7, 11) is 0. The van der Waals surface area contributed by atoms with E-state index in [4.69, 9.17) is 4.74 Å². The number of hydrogen-bond donors (Lipinski definition) is 1. The SMILES string of the molecule is O=C1C[C@@H]2Cc3ccccc3[C@@H](CCO)[C@@H]2O1. The Hall–Kier alpha value is -1.35. The highest BCUT2D eigenvalue weighted by molar-refractivity contribution is 5.72. The molecule has 3 atom stereocenters. The van der Waals surface area contributed by atoms with Crippen molar-refractivity contribution in [1.82, 2.24) is 0 Å². The molecule has 1 saturated heterocycles. The van der Waals surface area contributed by atoms with Gasteiger partial charge in [0, 0.05) is 18.4 Å². The van der Waals surface area contributed by atoms with E-state index in [2.05, 4.69) is 12.1 Å². The molecule has 0 bridgehead atoms. The average Bonchev–Trinajstić information content (AvgIpc) is 2.69. The fraction of sp³-hybridized carbons (Fsp3) is 0.500. The molecule has 0 spiro atoms. The highest BCUT2D eigenvalue weighted by Gasteiger charge is 2.44. The molecular formula is C14H16O3. The summed E-state index contributed by atoms with van der Waals surface area (Å²) in [6.45, 7) is 0.139. The van der Waals surface area contributed by atoms with E-state index in [-0.39, 0.29) is 24.6 Å². The molecule has 1 N–H and O–H groups in total. The first kappa shape index (κ1) is 10.8. The van der Waals surface area contributed by atoms with Gasteiger partial charge in [-0.3, -0.25) is 4.79 Å². The fourth-order valence-electron chi connectivity index (χ4n) is 3.23. The van der Waals surface area contributed by atoms with Gasteiger partial charge in [-0.15, -0.1) is 0 Å². The first-order valence-corrected chi connectivity index (χ1v) is 6.17. The van der Waals surface area contributed by atoms with Crippen LogP contribution >= 0.6 is 0 Å². The molecule has 1 aromatic rings. The lowest BCUT2D eigenvalue weighted by Gasteiger charge is -2.33. The topological polar surface area (TPSA) is 46.5 Å². The summed E-state index contributed by atoms with van der Waals surface area (Å²) in [5.74, 6) is 0.381. The van der Waals surface area contributed by atoms with Gasteiger partial charge in [0.05, 0.1) is 6.42 Å². The van der Waals surface area contributed by atoms with Crippen LogP contribution in [0.5, 0.6) is 0 Å². The molecule has 0 aromatic heterocycles. The molecule has 0 unspecified atom stereocenters. The summed E-state index contributed by atoms with van der Waals surface area (Å²) in [5, 5.41) is 9.19. The van der Waals surface area contributed by atoms with Crippen LogP contribution in [0.1, 0.15) is 29.9 Å². The van der Waals surface area contributed by atoms with Crippen molar-refractivity contribution in [3.63, 3.8) is 0 Å². The Morgan fingerprint density at radius 1 is 1.29 bits per heavy atom. The van der Waals surface area contributed by atoms with Crippen molar-refractivity contribution in [3.8, 4) is 0 Å². The van der Waals surface area contributed by atoms with Gasteiger partial charge < -0.3 is 9.84 Å². The standard InChI is InChI=1S/C14H16O3/c15-6-5-12-11-4-2-1-3-9(11)7-10-8-13(16)17-14(10)12/h1-4,10,12,14-15H,5-8H2/t10-,12+,14+/m0/s1. The summed E-state index contributed by atoms with van der Waals surface area (Å²) < 4.78 is 5.44. The number of aliphatic hydroxyl groups is 1. The molecule has 1 aliphatic carbocycles. The third kappa shape index (κ3) is 1.75. The van der Waals surface area contributed by atoms with Gasteiger partial charge in [0.25, 0.3) is 0 Å². The zero-order valence-electron chi connectivity index (χ0n) is 9.63. The minimum absolute atomic E-state index is 0.0236. The molecule has 0 amide bonds. The van der Waals surface area contributed by atoms with Crippen molar-refractivity contribution in [1.29, 1.82) is 0 Å². The van der Waals surface area contributed by atoms with Gasteiger partial charge in [0.2, 0.25) is 0 Å². The van der Waals surface area contributed by atoms with E-state index in [9.17, 15) is 9.90 Å². The molecule has 0 radical (unpaired) electrons. The number of benzene rings is 1.